The maximum Gasteiger partial charge on any atom is 0.254 e. The lowest BCUT2D eigenvalue weighted by Crippen LogP contribution is -2.41. The number of morpholine rings is 1. The largest absolute Gasteiger partial charge is 0.378 e. The first-order valence-corrected chi connectivity index (χ1v) is 12.2. The Morgan fingerprint density at radius 2 is 1.59 bits per heavy atom. The lowest BCUT2D eigenvalue weighted by molar-refractivity contribution is -0.128. The molecule has 2 aromatic rings. The van der Waals surface area contributed by atoms with Gasteiger partial charge in [-0.3, -0.25) is 13.9 Å². The van der Waals surface area contributed by atoms with Gasteiger partial charge in [-0.15, -0.1) is 0 Å². The molecule has 2 amide bonds. The van der Waals surface area contributed by atoms with Gasteiger partial charge in [-0.1, -0.05) is 29.8 Å². The SMILES string of the molecule is Cc1ccc(CN(C)C(=O)CN(c2ccc(C(=O)N3CCOCC3)cc2)S(C)(=O)=O)cc1. The van der Waals surface area contributed by atoms with Crippen molar-refractivity contribution in [3.05, 3.63) is 65.2 Å². The van der Waals surface area contributed by atoms with Crippen molar-refractivity contribution in [1.29, 1.82) is 0 Å². The highest BCUT2D eigenvalue weighted by Gasteiger charge is 2.24. The van der Waals surface area contributed by atoms with Crippen molar-refractivity contribution in [2.24, 2.45) is 0 Å². The van der Waals surface area contributed by atoms with Crippen LogP contribution in [0.2, 0.25) is 0 Å². The Bertz CT molecular complexity index is 1050. The van der Waals surface area contributed by atoms with Crippen LogP contribution in [0.1, 0.15) is 21.5 Å². The van der Waals surface area contributed by atoms with Crippen LogP contribution in [0.4, 0.5) is 5.69 Å². The van der Waals surface area contributed by atoms with Crippen molar-refractivity contribution in [3.63, 3.8) is 0 Å². The Morgan fingerprint density at radius 3 is 2.16 bits per heavy atom. The molecule has 0 spiro atoms. The van der Waals surface area contributed by atoms with Crippen molar-refractivity contribution < 1.29 is 22.7 Å². The van der Waals surface area contributed by atoms with Crippen LogP contribution < -0.4 is 4.31 Å². The Balaban J connectivity index is 1.71. The van der Waals surface area contributed by atoms with Gasteiger partial charge in [0.15, 0.2) is 0 Å². The van der Waals surface area contributed by atoms with Crippen LogP contribution in [0.5, 0.6) is 0 Å². The summed E-state index contributed by atoms with van der Waals surface area (Å²) < 4.78 is 31.2. The van der Waals surface area contributed by atoms with E-state index in [9.17, 15) is 18.0 Å². The third kappa shape index (κ3) is 6.08. The van der Waals surface area contributed by atoms with E-state index in [0.29, 0.717) is 44.1 Å². The summed E-state index contributed by atoms with van der Waals surface area (Å²) in [6.45, 7) is 4.10. The second kappa shape index (κ2) is 10.1. The maximum atomic E-state index is 12.8. The molecule has 0 unspecified atom stereocenters. The number of likely N-dealkylation sites (N-methyl/N-ethyl adjacent to an activating group) is 1. The molecule has 0 aliphatic carbocycles. The van der Waals surface area contributed by atoms with E-state index in [2.05, 4.69) is 0 Å². The van der Waals surface area contributed by atoms with E-state index in [4.69, 9.17) is 4.74 Å². The number of hydrogen-bond acceptors (Lipinski definition) is 5. The fourth-order valence-corrected chi connectivity index (χ4v) is 4.27. The van der Waals surface area contributed by atoms with Gasteiger partial charge >= 0.3 is 0 Å². The summed E-state index contributed by atoms with van der Waals surface area (Å²) in [5.41, 5.74) is 2.89. The predicted molar refractivity (Wildman–Crippen MR) is 123 cm³/mol. The van der Waals surface area contributed by atoms with Gasteiger partial charge in [0, 0.05) is 32.2 Å². The van der Waals surface area contributed by atoms with E-state index in [1.165, 1.54) is 4.90 Å². The molecule has 8 nitrogen and oxygen atoms in total. The monoisotopic (exact) mass is 459 g/mol. The summed E-state index contributed by atoms with van der Waals surface area (Å²) in [5, 5.41) is 0. The van der Waals surface area contributed by atoms with Crippen LogP contribution >= 0.6 is 0 Å². The van der Waals surface area contributed by atoms with Gasteiger partial charge in [0.05, 0.1) is 25.2 Å². The number of ether oxygens (including phenoxy) is 1. The molecule has 0 bridgehead atoms. The van der Waals surface area contributed by atoms with Gasteiger partial charge in [0.25, 0.3) is 5.91 Å². The van der Waals surface area contributed by atoms with E-state index in [1.807, 2.05) is 31.2 Å². The summed E-state index contributed by atoms with van der Waals surface area (Å²) in [6, 6.07) is 14.1. The number of nitrogens with zero attached hydrogens (tertiary/aromatic N) is 3. The molecule has 0 aromatic heterocycles. The highest BCUT2D eigenvalue weighted by Crippen LogP contribution is 2.20. The fraction of sp³-hybridized carbons (Fsp3) is 0.391. The van der Waals surface area contributed by atoms with E-state index in [-0.39, 0.29) is 18.4 Å². The van der Waals surface area contributed by atoms with Crippen molar-refractivity contribution in [3.8, 4) is 0 Å². The Labute approximate surface area is 189 Å². The molecule has 9 heteroatoms. The zero-order chi connectivity index (χ0) is 23.3. The average molecular weight is 460 g/mol. The van der Waals surface area contributed by atoms with E-state index < -0.39 is 10.0 Å². The number of benzene rings is 2. The molecule has 1 aliphatic rings. The molecule has 0 saturated carbocycles. The minimum absolute atomic E-state index is 0.125. The van der Waals surface area contributed by atoms with Gasteiger partial charge in [-0.05, 0) is 36.8 Å². The Kier molecular flexibility index (Phi) is 7.52. The number of aryl methyl sites for hydroxylation is 1. The highest BCUT2D eigenvalue weighted by atomic mass is 32.2. The Hall–Kier alpha value is -2.91. The minimum atomic E-state index is -3.70. The van der Waals surface area contributed by atoms with Gasteiger partial charge in [0.1, 0.15) is 6.54 Å². The lowest BCUT2D eigenvalue weighted by atomic mass is 10.1. The molecule has 1 fully saturated rings. The van der Waals surface area contributed by atoms with Crippen LogP contribution in [-0.2, 0) is 26.1 Å². The minimum Gasteiger partial charge on any atom is -0.378 e. The molecule has 1 saturated heterocycles. The first-order valence-electron chi connectivity index (χ1n) is 10.4. The molecule has 2 aromatic carbocycles. The quantitative estimate of drug-likeness (QED) is 0.631. The molecule has 1 aliphatic heterocycles. The summed E-state index contributed by atoms with van der Waals surface area (Å²) in [5.74, 6) is -0.455. The van der Waals surface area contributed by atoms with Gasteiger partial charge in [-0.2, -0.15) is 0 Å². The molecule has 3 rings (SSSR count). The van der Waals surface area contributed by atoms with Crippen molar-refractivity contribution in [2.45, 2.75) is 13.5 Å². The van der Waals surface area contributed by atoms with Crippen molar-refractivity contribution in [1.82, 2.24) is 9.80 Å². The summed E-state index contributed by atoms with van der Waals surface area (Å²) in [7, 11) is -2.06. The van der Waals surface area contributed by atoms with Gasteiger partial charge in [-0.25, -0.2) is 8.42 Å². The molecule has 32 heavy (non-hydrogen) atoms. The molecule has 0 atom stereocenters. The first kappa shape index (κ1) is 23.7. The standard InChI is InChI=1S/C23H29N3O5S/c1-18-4-6-19(7-5-18)16-24(2)22(27)17-26(32(3,29)30)21-10-8-20(9-11-21)23(28)25-12-14-31-15-13-25/h4-11H,12-17H2,1-3H3. The topological polar surface area (TPSA) is 87.2 Å². The molecule has 172 valence electrons. The highest BCUT2D eigenvalue weighted by molar-refractivity contribution is 7.92. The second-order valence-electron chi connectivity index (χ2n) is 7.96. The number of amides is 2. The van der Waals surface area contributed by atoms with Crippen LogP contribution in [0.3, 0.4) is 0 Å². The average Bonchev–Trinajstić information content (AvgIpc) is 2.78. The van der Waals surface area contributed by atoms with E-state index in [1.54, 1.807) is 36.2 Å². The lowest BCUT2D eigenvalue weighted by Gasteiger charge is -2.27. The van der Waals surface area contributed by atoms with Crippen LogP contribution in [0.25, 0.3) is 0 Å². The third-order valence-corrected chi connectivity index (χ3v) is 6.49. The zero-order valence-corrected chi connectivity index (χ0v) is 19.5. The summed E-state index contributed by atoms with van der Waals surface area (Å²) >= 11 is 0. The number of carbonyl (C=O) groups excluding carboxylic acids is 2. The van der Waals surface area contributed by atoms with Gasteiger partial charge in [0.2, 0.25) is 15.9 Å². The summed E-state index contributed by atoms with van der Waals surface area (Å²) in [6.07, 6.45) is 1.06. The van der Waals surface area contributed by atoms with E-state index >= 15 is 0 Å². The predicted octanol–water partition coefficient (Wildman–Crippen LogP) is 1.89. The van der Waals surface area contributed by atoms with Crippen LogP contribution in [0.15, 0.2) is 48.5 Å². The van der Waals surface area contributed by atoms with Crippen LogP contribution in [-0.4, -0.2) is 76.2 Å². The maximum absolute atomic E-state index is 12.8. The molecule has 1 heterocycles. The first-order chi connectivity index (χ1) is 15.1. The number of carbonyl (C=O) groups is 2. The molecule has 0 N–H and O–H groups in total. The summed E-state index contributed by atoms with van der Waals surface area (Å²) in [4.78, 5) is 28.6. The van der Waals surface area contributed by atoms with E-state index in [0.717, 1.165) is 21.7 Å². The van der Waals surface area contributed by atoms with Crippen LogP contribution in [0, 0.1) is 6.92 Å². The molecular formula is C23H29N3O5S. The smallest absolute Gasteiger partial charge is 0.254 e. The zero-order valence-electron chi connectivity index (χ0n) is 18.7. The number of hydrogen-bond donors (Lipinski definition) is 0. The van der Waals surface area contributed by atoms with Crippen molar-refractivity contribution >= 4 is 27.5 Å². The fourth-order valence-electron chi connectivity index (χ4n) is 3.42. The van der Waals surface area contributed by atoms with Gasteiger partial charge < -0.3 is 14.5 Å². The number of anilines is 1. The number of rotatable bonds is 7. The second-order valence-corrected chi connectivity index (χ2v) is 9.86. The Morgan fingerprint density at radius 1 is 1.00 bits per heavy atom. The molecular weight excluding hydrogens is 430 g/mol. The third-order valence-electron chi connectivity index (χ3n) is 5.35. The molecule has 0 radical (unpaired) electrons. The normalized spacial score (nSPS) is 14.2. The van der Waals surface area contributed by atoms with Crippen molar-refractivity contribution in [2.75, 3.05) is 50.5 Å². The number of sulfonamides is 1.